The van der Waals surface area contributed by atoms with Crippen molar-refractivity contribution in [1.29, 1.82) is 0 Å². The van der Waals surface area contributed by atoms with E-state index in [1.54, 1.807) is 18.3 Å². The number of nitrogens with zero attached hydrogens (tertiary/aromatic N) is 3. The highest BCUT2D eigenvalue weighted by Gasteiger charge is 2.10. The molecule has 3 nitrogen and oxygen atoms in total. The highest BCUT2D eigenvalue weighted by atomic mass is 19.1. The predicted molar refractivity (Wildman–Crippen MR) is 72.4 cm³/mol. The molecule has 0 amide bonds. The minimum absolute atomic E-state index is 0.215. The van der Waals surface area contributed by atoms with E-state index in [0.29, 0.717) is 6.54 Å². The van der Waals surface area contributed by atoms with E-state index in [2.05, 4.69) is 16.9 Å². The number of imidazole rings is 1. The molecule has 4 heteroatoms. The van der Waals surface area contributed by atoms with Crippen LogP contribution in [0, 0.1) is 5.82 Å². The summed E-state index contributed by atoms with van der Waals surface area (Å²) in [5, 5.41) is 0. The lowest BCUT2D eigenvalue weighted by molar-refractivity contribution is 0.623. The molecule has 1 aromatic carbocycles. The molecule has 0 radical (unpaired) electrons. The molecule has 19 heavy (non-hydrogen) atoms. The van der Waals surface area contributed by atoms with E-state index in [1.165, 1.54) is 6.07 Å². The van der Waals surface area contributed by atoms with Gasteiger partial charge in [-0.05, 0) is 29.8 Å². The second-order valence-electron chi connectivity index (χ2n) is 4.44. The number of aromatic nitrogens is 3. The third-order valence-electron chi connectivity index (χ3n) is 3.13. The van der Waals surface area contributed by atoms with Gasteiger partial charge in [-0.25, -0.2) is 14.4 Å². The zero-order chi connectivity index (χ0) is 13.2. The Labute approximate surface area is 110 Å². The third-order valence-corrected chi connectivity index (χ3v) is 3.13. The molecular formula is C15H14FN3. The fraction of sp³-hybridized carbons (Fsp3) is 0.200. The molecule has 0 atom stereocenters. The number of rotatable bonds is 3. The largest absolute Gasteiger partial charge is 0.308 e. The van der Waals surface area contributed by atoms with Gasteiger partial charge in [0.25, 0.3) is 0 Å². The van der Waals surface area contributed by atoms with Crippen molar-refractivity contribution in [3.05, 3.63) is 59.8 Å². The molecule has 0 aliphatic rings. The second-order valence-corrected chi connectivity index (χ2v) is 4.44. The van der Waals surface area contributed by atoms with Crippen molar-refractivity contribution < 1.29 is 4.39 Å². The molecule has 0 aliphatic carbocycles. The minimum atomic E-state index is -0.215. The molecule has 0 aliphatic heterocycles. The molecule has 2 aromatic heterocycles. The maximum atomic E-state index is 13.3. The van der Waals surface area contributed by atoms with E-state index < -0.39 is 0 Å². The van der Waals surface area contributed by atoms with Crippen LogP contribution in [0.5, 0.6) is 0 Å². The van der Waals surface area contributed by atoms with Crippen molar-refractivity contribution in [2.75, 3.05) is 0 Å². The maximum Gasteiger partial charge on any atom is 0.160 e. The summed E-state index contributed by atoms with van der Waals surface area (Å²) in [7, 11) is 0. The first kappa shape index (κ1) is 11.8. The normalized spacial score (nSPS) is 11.1. The quantitative estimate of drug-likeness (QED) is 0.719. The lowest BCUT2D eigenvalue weighted by atomic mass is 10.2. The summed E-state index contributed by atoms with van der Waals surface area (Å²) in [5.74, 6) is 0.755. The van der Waals surface area contributed by atoms with E-state index in [0.717, 1.165) is 29.0 Å². The number of hydrogen-bond donors (Lipinski definition) is 0. The fourth-order valence-corrected chi connectivity index (χ4v) is 2.26. The molecule has 2 heterocycles. The molecule has 3 rings (SSSR count). The van der Waals surface area contributed by atoms with Crippen LogP contribution < -0.4 is 0 Å². The summed E-state index contributed by atoms with van der Waals surface area (Å²) in [4.78, 5) is 8.93. The Morgan fingerprint density at radius 3 is 2.89 bits per heavy atom. The van der Waals surface area contributed by atoms with E-state index in [1.807, 2.05) is 22.8 Å². The van der Waals surface area contributed by atoms with Crippen molar-refractivity contribution in [1.82, 2.24) is 14.5 Å². The van der Waals surface area contributed by atoms with Crippen LogP contribution in [0.3, 0.4) is 0 Å². The van der Waals surface area contributed by atoms with Gasteiger partial charge in [0.05, 0.1) is 6.54 Å². The molecule has 0 N–H and O–H groups in total. The molecule has 0 unspecified atom stereocenters. The monoisotopic (exact) mass is 255 g/mol. The van der Waals surface area contributed by atoms with E-state index in [-0.39, 0.29) is 5.82 Å². The Balaban J connectivity index is 2.08. The molecular weight excluding hydrogens is 241 g/mol. The van der Waals surface area contributed by atoms with Gasteiger partial charge in [-0.1, -0.05) is 19.1 Å². The fourth-order valence-electron chi connectivity index (χ4n) is 2.26. The van der Waals surface area contributed by atoms with E-state index in [4.69, 9.17) is 0 Å². The van der Waals surface area contributed by atoms with Gasteiger partial charge in [0.1, 0.15) is 17.2 Å². The summed E-state index contributed by atoms with van der Waals surface area (Å²) in [6.45, 7) is 2.65. The van der Waals surface area contributed by atoms with Crippen molar-refractivity contribution in [2.24, 2.45) is 0 Å². The lowest BCUT2D eigenvalue weighted by Gasteiger charge is -2.07. The van der Waals surface area contributed by atoms with Gasteiger partial charge in [-0.2, -0.15) is 0 Å². The zero-order valence-corrected chi connectivity index (χ0v) is 10.7. The van der Waals surface area contributed by atoms with Crippen LogP contribution in [-0.4, -0.2) is 14.5 Å². The van der Waals surface area contributed by atoms with Crippen LogP contribution in [0.15, 0.2) is 42.6 Å². The van der Waals surface area contributed by atoms with Gasteiger partial charge >= 0.3 is 0 Å². The van der Waals surface area contributed by atoms with Crippen LogP contribution in [0.1, 0.15) is 18.3 Å². The number of pyridine rings is 1. The molecule has 0 saturated heterocycles. The van der Waals surface area contributed by atoms with Gasteiger partial charge in [0.15, 0.2) is 5.65 Å². The van der Waals surface area contributed by atoms with Crippen molar-refractivity contribution >= 4 is 11.2 Å². The van der Waals surface area contributed by atoms with Gasteiger partial charge in [-0.15, -0.1) is 0 Å². The van der Waals surface area contributed by atoms with Gasteiger partial charge in [0.2, 0.25) is 0 Å². The van der Waals surface area contributed by atoms with Gasteiger partial charge < -0.3 is 4.57 Å². The number of benzene rings is 1. The average Bonchev–Trinajstić information content (AvgIpc) is 2.77. The number of fused-ring (bicyclic) bond motifs is 1. The number of halogens is 1. The Bertz CT molecular complexity index is 718. The zero-order valence-electron chi connectivity index (χ0n) is 10.7. The summed E-state index contributed by atoms with van der Waals surface area (Å²) < 4.78 is 15.3. The van der Waals surface area contributed by atoms with Crippen LogP contribution in [-0.2, 0) is 13.0 Å². The van der Waals surface area contributed by atoms with E-state index >= 15 is 0 Å². The summed E-state index contributed by atoms with van der Waals surface area (Å²) >= 11 is 0. The first-order chi connectivity index (χ1) is 9.28. The molecule has 3 aromatic rings. The predicted octanol–water partition coefficient (Wildman–Crippen LogP) is 3.18. The molecule has 0 spiro atoms. The topological polar surface area (TPSA) is 30.7 Å². The van der Waals surface area contributed by atoms with Crippen molar-refractivity contribution in [2.45, 2.75) is 19.9 Å². The van der Waals surface area contributed by atoms with Crippen LogP contribution in [0.25, 0.3) is 11.2 Å². The lowest BCUT2D eigenvalue weighted by Crippen LogP contribution is -2.05. The Morgan fingerprint density at radius 1 is 1.21 bits per heavy atom. The molecule has 0 bridgehead atoms. The molecule has 96 valence electrons. The minimum Gasteiger partial charge on any atom is -0.308 e. The first-order valence-electron chi connectivity index (χ1n) is 6.32. The van der Waals surface area contributed by atoms with E-state index in [9.17, 15) is 4.39 Å². The highest BCUT2D eigenvalue weighted by Crippen LogP contribution is 2.16. The summed E-state index contributed by atoms with van der Waals surface area (Å²) in [6.07, 6.45) is 2.58. The van der Waals surface area contributed by atoms with Crippen LogP contribution in [0.4, 0.5) is 4.39 Å². The summed E-state index contributed by atoms with van der Waals surface area (Å²) in [6, 6.07) is 10.5. The van der Waals surface area contributed by atoms with Gasteiger partial charge in [0, 0.05) is 12.6 Å². The Kier molecular flexibility index (Phi) is 2.99. The smallest absolute Gasteiger partial charge is 0.160 e. The Morgan fingerprint density at radius 2 is 2.11 bits per heavy atom. The van der Waals surface area contributed by atoms with Crippen LogP contribution >= 0.6 is 0 Å². The van der Waals surface area contributed by atoms with Crippen molar-refractivity contribution in [3.63, 3.8) is 0 Å². The maximum absolute atomic E-state index is 13.3. The summed E-state index contributed by atoms with van der Waals surface area (Å²) in [5.41, 5.74) is 2.65. The number of hydrogen-bond acceptors (Lipinski definition) is 2. The molecule has 0 saturated carbocycles. The van der Waals surface area contributed by atoms with Crippen molar-refractivity contribution in [3.8, 4) is 0 Å². The third kappa shape index (κ3) is 2.21. The first-order valence-corrected chi connectivity index (χ1v) is 6.32. The standard InChI is InChI=1S/C15H14FN3/c1-2-14-18-13-7-4-8-17-15(13)19(14)10-11-5-3-6-12(16)9-11/h3-9H,2,10H2,1H3. The van der Waals surface area contributed by atoms with Gasteiger partial charge in [-0.3, -0.25) is 0 Å². The van der Waals surface area contributed by atoms with Crippen LogP contribution in [0.2, 0.25) is 0 Å². The average molecular weight is 255 g/mol. The second kappa shape index (κ2) is 4.80. The highest BCUT2D eigenvalue weighted by molar-refractivity contribution is 5.71. The SMILES string of the molecule is CCc1nc2cccnc2n1Cc1cccc(F)c1. The number of aryl methyl sites for hydroxylation is 1. The Hall–Kier alpha value is -2.23. The molecule has 0 fully saturated rings.